The number of rotatable bonds is 7. The molecule has 0 unspecified atom stereocenters. The lowest BCUT2D eigenvalue weighted by atomic mass is 10.2. The number of thioether (sulfide) groups is 1. The largest absolute Gasteiger partial charge is 0.480 e. The maximum absolute atomic E-state index is 12.0. The van der Waals surface area contributed by atoms with Gasteiger partial charge in [0, 0.05) is 13.6 Å². The van der Waals surface area contributed by atoms with E-state index in [0.717, 1.165) is 4.90 Å². The third-order valence-corrected chi connectivity index (χ3v) is 2.93. The molecule has 0 aliphatic heterocycles. The lowest BCUT2D eigenvalue weighted by Gasteiger charge is -2.21. The highest BCUT2D eigenvalue weighted by molar-refractivity contribution is 7.98. The second-order valence-electron chi connectivity index (χ2n) is 3.91. The van der Waals surface area contributed by atoms with Crippen LogP contribution in [0.2, 0.25) is 0 Å². The topological polar surface area (TPSA) is 69.6 Å². The van der Waals surface area contributed by atoms with Crippen LogP contribution in [0, 0.1) is 0 Å². The van der Waals surface area contributed by atoms with E-state index in [2.05, 4.69) is 5.32 Å². The van der Waals surface area contributed by atoms with Crippen molar-refractivity contribution in [1.82, 2.24) is 10.2 Å². The number of aliphatic carboxylic acids is 1. The second kappa shape index (κ2) is 8.13. The molecule has 0 aromatic heterocycles. The van der Waals surface area contributed by atoms with Crippen molar-refractivity contribution in [3.8, 4) is 0 Å². The zero-order chi connectivity index (χ0) is 15.1. The quantitative estimate of drug-likeness (QED) is 0.752. The summed E-state index contributed by atoms with van der Waals surface area (Å²) in [6.07, 6.45) is -3.47. The number of carboxylic acid groups (broad SMARTS) is 1. The van der Waals surface area contributed by atoms with Crippen LogP contribution in [0.1, 0.15) is 12.8 Å². The van der Waals surface area contributed by atoms with Crippen LogP contribution in [0.15, 0.2) is 0 Å². The van der Waals surface area contributed by atoms with E-state index in [-0.39, 0.29) is 6.42 Å². The Kier molecular flexibility index (Phi) is 7.65. The molecule has 0 aromatic rings. The van der Waals surface area contributed by atoms with Crippen LogP contribution >= 0.6 is 11.8 Å². The molecule has 9 heteroatoms. The van der Waals surface area contributed by atoms with Crippen molar-refractivity contribution in [3.63, 3.8) is 0 Å². The van der Waals surface area contributed by atoms with Gasteiger partial charge in [-0.2, -0.15) is 24.9 Å². The number of halogens is 3. The smallest absolute Gasteiger partial charge is 0.390 e. The van der Waals surface area contributed by atoms with Gasteiger partial charge >= 0.3 is 18.2 Å². The Morgan fingerprint density at radius 1 is 1.42 bits per heavy atom. The zero-order valence-electron chi connectivity index (χ0n) is 10.7. The maximum atomic E-state index is 12.0. The Hall–Kier alpha value is -1.12. The van der Waals surface area contributed by atoms with Gasteiger partial charge in [0.2, 0.25) is 0 Å². The molecule has 2 N–H and O–H groups in total. The minimum atomic E-state index is -4.35. The third kappa shape index (κ3) is 8.57. The van der Waals surface area contributed by atoms with Crippen molar-refractivity contribution in [2.75, 3.05) is 25.6 Å². The van der Waals surface area contributed by atoms with Gasteiger partial charge < -0.3 is 15.3 Å². The van der Waals surface area contributed by atoms with Crippen molar-refractivity contribution in [3.05, 3.63) is 0 Å². The number of urea groups is 1. The van der Waals surface area contributed by atoms with E-state index in [9.17, 15) is 22.8 Å². The molecule has 19 heavy (non-hydrogen) atoms. The monoisotopic (exact) mass is 302 g/mol. The molecule has 0 aromatic carbocycles. The number of carbonyl (C=O) groups is 2. The van der Waals surface area contributed by atoms with E-state index in [1.807, 2.05) is 0 Å². The van der Waals surface area contributed by atoms with Crippen LogP contribution in [0.4, 0.5) is 18.0 Å². The molecular weight excluding hydrogens is 285 g/mol. The first kappa shape index (κ1) is 17.9. The zero-order valence-corrected chi connectivity index (χ0v) is 11.5. The van der Waals surface area contributed by atoms with E-state index >= 15 is 0 Å². The van der Waals surface area contributed by atoms with Gasteiger partial charge in [-0.05, 0) is 18.4 Å². The second-order valence-corrected chi connectivity index (χ2v) is 4.89. The molecule has 0 aliphatic rings. The summed E-state index contributed by atoms with van der Waals surface area (Å²) in [5.74, 6) is -0.671. The number of nitrogens with one attached hydrogen (secondary N) is 1. The fourth-order valence-corrected chi connectivity index (χ4v) is 1.62. The van der Waals surface area contributed by atoms with Gasteiger partial charge in [0.25, 0.3) is 0 Å². The SMILES string of the molecule is CSCC[C@@H](NC(=O)N(C)CCC(F)(F)F)C(=O)O. The fraction of sp³-hybridized carbons (Fsp3) is 0.800. The van der Waals surface area contributed by atoms with Gasteiger partial charge in [0.15, 0.2) is 0 Å². The van der Waals surface area contributed by atoms with Gasteiger partial charge in [-0.25, -0.2) is 9.59 Å². The summed E-state index contributed by atoms with van der Waals surface area (Å²) >= 11 is 1.42. The highest BCUT2D eigenvalue weighted by Crippen LogP contribution is 2.19. The summed E-state index contributed by atoms with van der Waals surface area (Å²) in [4.78, 5) is 23.2. The Labute approximate surface area is 113 Å². The molecule has 1 atom stereocenters. The molecule has 0 aliphatic carbocycles. The first-order valence-electron chi connectivity index (χ1n) is 5.47. The number of hydrogen-bond donors (Lipinski definition) is 2. The molecule has 0 saturated heterocycles. The van der Waals surface area contributed by atoms with Gasteiger partial charge in [-0.15, -0.1) is 0 Å². The number of alkyl halides is 3. The number of carboxylic acids is 1. The van der Waals surface area contributed by atoms with Crippen LogP contribution in [0.5, 0.6) is 0 Å². The van der Waals surface area contributed by atoms with E-state index in [1.54, 1.807) is 6.26 Å². The summed E-state index contributed by atoms with van der Waals surface area (Å²) in [7, 11) is 1.19. The molecule has 0 fully saturated rings. The van der Waals surface area contributed by atoms with Gasteiger partial charge in [0.05, 0.1) is 6.42 Å². The third-order valence-electron chi connectivity index (χ3n) is 2.28. The number of hydrogen-bond acceptors (Lipinski definition) is 3. The highest BCUT2D eigenvalue weighted by Gasteiger charge is 2.29. The molecular formula is C10H17F3N2O3S. The van der Waals surface area contributed by atoms with Crippen LogP contribution in [0.3, 0.4) is 0 Å². The van der Waals surface area contributed by atoms with Gasteiger partial charge in [-0.1, -0.05) is 0 Å². The Balaban J connectivity index is 4.27. The predicted octanol–water partition coefficient (Wildman–Crippen LogP) is 1.79. The van der Waals surface area contributed by atoms with Gasteiger partial charge in [-0.3, -0.25) is 0 Å². The summed E-state index contributed by atoms with van der Waals surface area (Å²) in [5.41, 5.74) is 0. The molecule has 112 valence electrons. The minimum Gasteiger partial charge on any atom is -0.480 e. The maximum Gasteiger partial charge on any atom is 0.390 e. The van der Waals surface area contributed by atoms with Crippen molar-refractivity contribution < 1.29 is 27.9 Å². The average Bonchev–Trinajstić information content (AvgIpc) is 2.29. The first-order chi connectivity index (χ1) is 8.67. The van der Waals surface area contributed by atoms with Crippen LogP contribution in [0.25, 0.3) is 0 Å². The molecule has 5 nitrogen and oxygen atoms in total. The molecule has 0 rings (SSSR count). The summed E-state index contributed by atoms with van der Waals surface area (Å²) < 4.78 is 35.9. The van der Waals surface area contributed by atoms with Crippen molar-refractivity contribution >= 4 is 23.8 Å². The summed E-state index contributed by atoms with van der Waals surface area (Å²) in [6.45, 7) is -0.510. The molecule has 2 amide bonds. The van der Waals surface area contributed by atoms with E-state index in [0.29, 0.717) is 5.75 Å². The Bertz CT molecular complexity index is 313. The van der Waals surface area contributed by atoms with E-state index in [4.69, 9.17) is 5.11 Å². The number of carbonyl (C=O) groups excluding carboxylic acids is 1. The normalized spacial score (nSPS) is 12.9. The van der Waals surface area contributed by atoms with Crippen molar-refractivity contribution in [2.45, 2.75) is 25.1 Å². The Morgan fingerprint density at radius 2 is 2.00 bits per heavy atom. The van der Waals surface area contributed by atoms with Crippen molar-refractivity contribution in [1.29, 1.82) is 0 Å². The molecule has 0 saturated carbocycles. The lowest BCUT2D eigenvalue weighted by Crippen LogP contribution is -2.47. The first-order valence-corrected chi connectivity index (χ1v) is 6.87. The summed E-state index contributed by atoms with van der Waals surface area (Å²) in [6, 6.07) is -1.91. The minimum absolute atomic E-state index is 0.218. The number of amides is 2. The van der Waals surface area contributed by atoms with Crippen molar-refractivity contribution in [2.24, 2.45) is 0 Å². The number of nitrogens with zero attached hydrogens (tertiary/aromatic N) is 1. The fourth-order valence-electron chi connectivity index (χ4n) is 1.15. The van der Waals surface area contributed by atoms with Crippen LogP contribution in [-0.2, 0) is 4.79 Å². The van der Waals surface area contributed by atoms with Crippen LogP contribution < -0.4 is 5.32 Å². The predicted molar refractivity (Wildman–Crippen MR) is 66.3 cm³/mol. The van der Waals surface area contributed by atoms with E-state index in [1.165, 1.54) is 18.8 Å². The molecule has 0 heterocycles. The van der Waals surface area contributed by atoms with E-state index < -0.39 is 37.2 Å². The molecule has 0 radical (unpaired) electrons. The Morgan fingerprint density at radius 3 is 2.42 bits per heavy atom. The average molecular weight is 302 g/mol. The standard InChI is InChI=1S/C10H17F3N2O3S/c1-15(5-4-10(11,12)13)9(18)14-7(8(16)17)3-6-19-2/h7H,3-6H2,1-2H3,(H,14,18)(H,16,17)/t7-/m1/s1. The summed E-state index contributed by atoms with van der Waals surface area (Å²) in [5, 5.41) is 11.1. The highest BCUT2D eigenvalue weighted by atomic mass is 32.2. The lowest BCUT2D eigenvalue weighted by molar-refractivity contribution is -0.140. The molecule has 0 spiro atoms. The molecule has 0 bridgehead atoms. The van der Waals surface area contributed by atoms with Gasteiger partial charge in [0.1, 0.15) is 6.04 Å². The van der Waals surface area contributed by atoms with Crippen LogP contribution in [-0.4, -0.2) is 59.8 Å².